The molecule has 2 nitrogen and oxygen atoms in total. The highest BCUT2D eigenvalue weighted by molar-refractivity contribution is 6.30. The van der Waals surface area contributed by atoms with Gasteiger partial charge < -0.3 is 9.47 Å². The molecule has 118 valence electrons. The van der Waals surface area contributed by atoms with Crippen LogP contribution in [0.15, 0.2) is 42.5 Å². The Bertz CT molecular complexity index is 658. The van der Waals surface area contributed by atoms with Crippen LogP contribution in [0.4, 0.5) is 22.0 Å². The molecule has 2 rings (SSSR count). The summed E-state index contributed by atoms with van der Waals surface area (Å²) in [6.07, 6.45) is -4.91. The van der Waals surface area contributed by atoms with E-state index in [1.807, 2.05) is 0 Å². The average molecular weight is 339 g/mol. The lowest BCUT2D eigenvalue weighted by molar-refractivity contribution is -0.274. The van der Waals surface area contributed by atoms with Gasteiger partial charge in [-0.15, -0.1) is 13.2 Å². The number of benzene rings is 2. The molecule has 0 atom stereocenters. The fourth-order valence-corrected chi connectivity index (χ4v) is 1.98. The highest BCUT2D eigenvalue weighted by atomic mass is 35.5. The van der Waals surface area contributed by atoms with E-state index in [4.69, 9.17) is 11.6 Å². The molecule has 0 aliphatic carbocycles. The smallest absolute Gasteiger partial charge is 0.434 e. The van der Waals surface area contributed by atoms with E-state index in [-0.39, 0.29) is 21.9 Å². The SMILES string of the molecule is FC(F)Oc1cc(Cl)ccc1-c1ccccc1OC(F)(F)F. The molecule has 8 heteroatoms. The largest absolute Gasteiger partial charge is 0.573 e. The van der Waals surface area contributed by atoms with Crippen LogP contribution in [0.2, 0.25) is 5.02 Å². The lowest BCUT2D eigenvalue weighted by atomic mass is 10.0. The maximum Gasteiger partial charge on any atom is 0.573 e. The van der Waals surface area contributed by atoms with Gasteiger partial charge >= 0.3 is 13.0 Å². The monoisotopic (exact) mass is 338 g/mol. The number of hydrogen-bond donors (Lipinski definition) is 0. The molecule has 0 saturated heterocycles. The standard InChI is InChI=1S/C14H8ClF5O2/c15-8-5-6-10(12(7-8)21-13(16)17)9-3-1-2-4-11(9)22-14(18,19)20/h1-7,13H. The molecule has 0 aromatic heterocycles. The van der Waals surface area contributed by atoms with E-state index in [1.165, 1.54) is 30.3 Å². The number of hydrogen-bond acceptors (Lipinski definition) is 2. The van der Waals surface area contributed by atoms with E-state index in [0.717, 1.165) is 12.1 Å². The first-order chi connectivity index (χ1) is 10.3. The van der Waals surface area contributed by atoms with E-state index in [2.05, 4.69) is 9.47 Å². The molecule has 0 amide bonds. The molecular weight excluding hydrogens is 331 g/mol. The van der Waals surface area contributed by atoms with Gasteiger partial charge in [-0.1, -0.05) is 29.8 Å². The van der Waals surface area contributed by atoms with Crippen molar-refractivity contribution in [1.29, 1.82) is 0 Å². The normalized spacial score (nSPS) is 11.6. The molecule has 0 fully saturated rings. The third-order valence-corrected chi connectivity index (χ3v) is 2.80. The van der Waals surface area contributed by atoms with Gasteiger partial charge in [-0.05, 0) is 24.3 Å². The zero-order chi connectivity index (χ0) is 16.3. The van der Waals surface area contributed by atoms with E-state index in [1.54, 1.807) is 0 Å². The lowest BCUT2D eigenvalue weighted by Crippen LogP contribution is -2.17. The van der Waals surface area contributed by atoms with Crippen LogP contribution in [-0.2, 0) is 0 Å². The number of ether oxygens (including phenoxy) is 2. The Kier molecular flexibility index (Phi) is 4.75. The van der Waals surface area contributed by atoms with Gasteiger partial charge in [0.1, 0.15) is 11.5 Å². The molecule has 0 saturated carbocycles. The minimum absolute atomic E-state index is 0.00421. The van der Waals surface area contributed by atoms with Gasteiger partial charge in [-0.2, -0.15) is 8.78 Å². The van der Waals surface area contributed by atoms with Crippen LogP contribution in [0.1, 0.15) is 0 Å². The molecule has 0 heterocycles. The Labute approximate surface area is 127 Å². The van der Waals surface area contributed by atoms with Gasteiger partial charge in [0.25, 0.3) is 0 Å². The first-order valence-electron chi connectivity index (χ1n) is 5.86. The van der Waals surface area contributed by atoms with Crippen molar-refractivity contribution in [3.05, 3.63) is 47.5 Å². The predicted octanol–water partition coefficient (Wildman–Crippen LogP) is 5.51. The third-order valence-electron chi connectivity index (χ3n) is 2.56. The van der Waals surface area contributed by atoms with Gasteiger partial charge in [0.2, 0.25) is 0 Å². The van der Waals surface area contributed by atoms with Gasteiger partial charge in [-0.25, -0.2) is 0 Å². The van der Waals surface area contributed by atoms with E-state index in [0.29, 0.717) is 0 Å². The second kappa shape index (κ2) is 6.39. The minimum Gasteiger partial charge on any atom is -0.434 e. The summed E-state index contributed by atoms with van der Waals surface area (Å²) in [4.78, 5) is 0. The summed E-state index contributed by atoms with van der Waals surface area (Å²) in [6.45, 7) is -3.15. The number of para-hydroxylation sites is 1. The Morgan fingerprint density at radius 2 is 1.55 bits per heavy atom. The summed E-state index contributed by atoms with van der Waals surface area (Å²) in [5.41, 5.74) is -0.0447. The average Bonchev–Trinajstić information content (AvgIpc) is 2.37. The fourth-order valence-electron chi connectivity index (χ4n) is 1.81. The fraction of sp³-hybridized carbons (Fsp3) is 0.143. The first kappa shape index (κ1) is 16.4. The zero-order valence-corrected chi connectivity index (χ0v) is 11.5. The van der Waals surface area contributed by atoms with Crippen molar-refractivity contribution in [3.8, 4) is 22.6 Å². The molecular formula is C14H8ClF5O2. The minimum atomic E-state index is -4.91. The van der Waals surface area contributed by atoms with E-state index >= 15 is 0 Å². The molecule has 0 bridgehead atoms. The lowest BCUT2D eigenvalue weighted by Gasteiger charge is -2.16. The molecule has 0 unspecified atom stereocenters. The maximum atomic E-state index is 12.4. The van der Waals surface area contributed by atoms with Crippen LogP contribution in [0, 0.1) is 0 Å². The Morgan fingerprint density at radius 3 is 2.18 bits per heavy atom. The van der Waals surface area contributed by atoms with Crippen molar-refractivity contribution in [2.45, 2.75) is 13.0 Å². The number of alkyl halides is 5. The first-order valence-corrected chi connectivity index (χ1v) is 6.23. The van der Waals surface area contributed by atoms with Gasteiger partial charge in [-0.3, -0.25) is 0 Å². The van der Waals surface area contributed by atoms with Crippen LogP contribution in [0.3, 0.4) is 0 Å². The van der Waals surface area contributed by atoms with Gasteiger partial charge in [0.15, 0.2) is 0 Å². The van der Waals surface area contributed by atoms with E-state index in [9.17, 15) is 22.0 Å². The third kappa shape index (κ3) is 4.24. The molecule has 0 aliphatic heterocycles. The molecule has 2 aromatic rings. The van der Waals surface area contributed by atoms with Crippen LogP contribution in [0.5, 0.6) is 11.5 Å². The molecule has 0 spiro atoms. The maximum absolute atomic E-state index is 12.4. The number of rotatable bonds is 4. The summed E-state index contributed by atoms with van der Waals surface area (Å²) in [5, 5.41) is 0.105. The van der Waals surface area contributed by atoms with Gasteiger partial charge in [0.05, 0.1) is 0 Å². The van der Waals surface area contributed by atoms with Crippen LogP contribution >= 0.6 is 11.6 Å². The Hall–Kier alpha value is -2.02. The summed E-state index contributed by atoms with van der Waals surface area (Å²) < 4.78 is 70.4. The van der Waals surface area contributed by atoms with Crippen LogP contribution in [0.25, 0.3) is 11.1 Å². The molecule has 0 radical (unpaired) electrons. The summed E-state index contributed by atoms with van der Waals surface area (Å²) in [5.74, 6) is -0.878. The van der Waals surface area contributed by atoms with Crippen LogP contribution in [-0.4, -0.2) is 13.0 Å². The highest BCUT2D eigenvalue weighted by Gasteiger charge is 2.32. The second-order valence-electron chi connectivity index (χ2n) is 4.06. The van der Waals surface area contributed by atoms with Gasteiger partial charge in [0, 0.05) is 16.1 Å². The van der Waals surface area contributed by atoms with Crippen molar-refractivity contribution >= 4 is 11.6 Å². The molecule has 22 heavy (non-hydrogen) atoms. The van der Waals surface area contributed by atoms with Crippen molar-refractivity contribution in [2.24, 2.45) is 0 Å². The van der Waals surface area contributed by atoms with Crippen molar-refractivity contribution in [1.82, 2.24) is 0 Å². The summed E-state index contributed by atoms with van der Waals surface area (Å²) >= 11 is 5.70. The predicted molar refractivity (Wildman–Crippen MR) is 70.2 cm³/mol. The Balaban J connectivity index is 2.52. The summed E-state index contributed by atoms with van der Waals surface area (Å²) in [7, 11) is 0. The molecule has 0 aliphatic rings. The number of halogens is 6. The highest BCUT2D eigenvalue weighted by Crippen LogP contribution is 2.40. The topological polar surface area (TPSA) is 18.5 Å². The van der Waals surface area contributed by atoms with Crippen molar-refractivity contribution in [2.75, 3.05) is 0 Å². The summed E-state index contributed by atoms with van der Waals surface area (Å²) in [6, 6.07) is 8.85. The van der Waals surface area contributed by atoms with Crippen molar-refractivity contribution < 1.29 is 31.4 Å². The van der Waals surface area contributed by atoms with Crippen LogP contribution < -0.4 is 9.47 Å². The second-order valence-corrected chi connectivity index (χ2v) is 4.50. The molecule has 0 N–H and O–H groups in total. The molecule has 2 aromatic carbocycles. The quantitative estimate of drug-likeness (QED) is 0.685. The Morgan fingerprint density at radius 1 is 0.909 bits per heavy atom. The van der Waals surface area contributed by atoms with Crippen molar-refractivity contribution in [3.63, 3.8) is 0 Å². The zero-order valence-electron chi connectivity index (χ0n) is 10.7. The van der Waals surface area contributed by atoms with E-state index < -0.39 is 18.7 Å².